The maximum Gasteiger partial charge on any atom is 0.336 e. The summed E-state index contributed by atoms with van der Waals surface area (Å²) < 4.78 is 15.1. The molecule has 1 saturated carbocycles. The number of benzene rings is 2. The molecule has 1 aliphatic carbocycles. The Kier molecular flexibility index (Phi) is 6.39. The average Bonchev–Trinajstić information content (AvgIpc) is 2.73. The number of aromatic carboxylic acids is 1. The SMILES string of the molecule is CCC(O)(c1cc(F)c(C(=O)c2ccc(Cl)cc2)c(C(=O)O)c1)C1CCCCC1. The molecule has 0 bridgehead atoms. The van der Waals surface area contributed by atoms with E-state index in [1.807, 2.05) is 0 Å². The highest BCUT2D eigenvalue weighted by Gasteiger charge is 2.39. The van der Waals surface area contributed by atoms with E-state index in [1.165, 1.54) is 30.3 Å². The Bertz CT molecular complexity index is 919. The number of hydrogen-bond acceptors (Lipinski definition) is 3. The second-order valence-electron chi connectivity index (χ2n) is 7.63. The molecule has 4 nitrogen and oxygen atoms in total. The van der Waals surface area contributed by atoms with Crippen molar-refractivity contribution in [1.82, 2.24) is 0 Å². The fourth-order valence-corrected chi connectivity index (χ4v) is 4.44. The van der Waals surface area contributed by atoms with Crippen LogP contribution in [0.3, 0.4) is 0 Å². The van der Waals surface area contributed by atoms with Crippen molar-refractivity contribution < 1.29 is 24.2 Å². The summed E-state index contributed by atoms with van der Waals surface area (Å²) in [6, 6.07) is 8.20. The zero-order chi connectivity index (χ0) is 21.2. The Hall–Kier alpha value is -2.24. The van der Waals surface area contributed by atoms with Gasteiger partial charge < -0.3 is 10.2 Å². The molecule has 2 aromatic carbocycles. The van der Waals surface area contributed by atoms with Crippen LogP contribution in [0.15, 0.2) is 36.4 Å². The predicted octanol–water partition coefficient (Wildman–Crippen LogP) is 5.59. The minimum atomic E-state index is -1.41. The Labute approximate surface area is 174 Å². The summed E-state index contributed by atoms with van der Waals surface area (Å²) in [6.45, 7) is 1.81. The molecule has 0 aromatic heterocycles. The third-order valence-electron chi connectivity index (χ3n) is 5.97. The minimum Gasteiger partial charge on any atom is -0.478 e. The Morgan fingerprint density at radius 2 is 1.76 bits per heavy atom. The van der Waals surface area contributed by atoms with Crippen LogP contribution in [0.4, 0.5) is 4.39 Å². The van der Waals surface area contributed by atoms with Crippen LogP contribution >= 0.6 is 11.6 Å². The molecule has 1 fully saturated rings. The monoisotopic (exact) mass is 418 g/mol. The van der Waals surface area contributed by atoms with E-state index < -0.39 is 34.3 Å². The van der Waals surface area contributed by atoms with Gasteiger partial charge in [0.15, 0.2) is 5.78 Å². The lowest BCUT2D eigenvalue weighted by Crippen LogP contribution is -2.36. The zero-order valence-electron chi connectivity index (χ0n) is 16.3. The minimum absolute atomic E-state index is 0.0693. The van der Waals surface area contributed by atoms with Crippen LogP contribution in [-0.4, -0.2) is 22.0 Å². The van der Waals surface area contributed by atoms with Crippen LogP contribution < -0.4 is 0 Å². The van der Waals surface area contributed by atoms with E-state index in [0.29, 0.717) is 11.4 Å². The van der Waals surface area contributed by atoms with Gasteiger partial charge in [0, 0.05) is 10.6 Å². The smallest absolute Gasteiger partial charge is 0.336 e. The van der Waals surface area contributed by atoms with Crippen molar-refractivity contribution in [2.24, 2.45) is 5.92 Å². The number of rotatable bonds is 6. The lowest BCUT2D eigenvalue weighted by Gasteiger charge is -2.38. The molecule has 0 spiro atoms. The number of carbonyl (C=O) groups excluding carboxylic acids is 1. The number of aliphatic hydroxyl groups is 1. The first kappa shape index (κ1) is 21.5. The standard InChI is InChI=1S/C23H24ClFO4/c1-2-23(29,15-6-4-3-5-7-15)16-12-18(22(27)28)20(19(25)13-16)21(26)14-8-10-17(24)11-9-14/h8-13,15,29H,2-7H2,1H3,(H,27,28). The Morgan fingerprint density at radius 3 is 2.31 bits per heavy atom. The molecule has 0 aliphatic heterocycles. The molecular formula is C23H24ClFO4. The number of hydrogen-bond donors (Lipinski definition) is 2. The number of carboxylic acids is 1. The van der Waals surface area contributed by atoms with Gasteiger partial charge in [-0.25, -0.2) is 9.18 Å². The van der Waals surface area contributed by atoms with Gasteiger partial charge in [-0.15, -0.1) is 0 Å². The normalized spacial score (nSPS) is 17.0. The van der Waals surface area contributed by atoms with E-state index in [0.717, 1.165) is 38.2 Å². The molecule has 0 radical (unpaired) electrons. The van der Waals surface area contributed by atoms with Crippen LogP contribution in [0.25, 0.3) is 0 Å². The van der Waals surface area contributed by atoms with Gasteiger partial charge in [0.1, 0.15) is 5.82 Å². The predicted molar refractivity (Wildman–Crippen MR) is 109 cm³/mol. The van der Waals surface area contributed by atoms with Crippen LogP contribution in [0.5, 0.6) is 0 Å². The van der Waals surface area contributed by atoms with Crippen molar-refractivity contribution in [1.29, 1.82) is 0 Å². The summed E-state index contributed by atoms with van der Waals surface area (Å²) in [7, 11) is 0. The van der Waals surface area contributed by atoms with Crippen LogP contribution in [0, 0.1) is 11.7 Å². The molecule has 0 amide bonds. The summed E-state index contributed by atoms with van der Waals surface area (Å²) in [4.78, 5) is 24.7. The van der Waals surface area contributed by atoms with Crippen molar-refractivity contribution >= 4 is 23.4 Å². The molecule has 2 N–H and O–H groups in total. The first-order valence-corrected chi connectivity index (χ1v) is 10.3. The summed E-state index contributed by atoms with van der Waals surface area (Å²) >= 11 is 5.83. The molecule has 1 atom stereocenters. The van der Waals surface area contributed by atoms with Gasteiger partial charge in [0.25, 0.3) is 0 Å². The molecular weight excluding hydrogens is 395 g/mol. The van der Waals surface area contributed by atoms with E-state index in [1.54, 1.807) is 6.92 Å². The lowest BCUT2D eigenvalue weighted by atomic mass is 9.71. The quantitative estimate of drug-likeness (QED) is 0.600. The first-order chi connectivity index (χ1) is 13.8. The van der Waals surface area contributed by atoms with Gasteiger partial charge in [-0.3, -0.25) is 4.79 Å². The molecule has 6 heteroatoms. The van der Waals surface area contributed by atoms with Gasteiger partial charge >= 0.3 is 5.97 Å². The van der Waals surface area contributed by atoms with E-state index in [9.17, 15) is 19.8 Å². The molecule has 154 valence electrons. The molecule has 2 aromatic rings. The van der Waals surface area contributed by atoms with Crippen molar-refractivity contribution in [3.8, 4) is 0 Å². The summed E-state index contributed by atoms with van der Waals surface area (Å²) in [6.07, 6.45) is 5.00. The summed E-state index contributed by atoms with van der Waals surface area (Å²) in [5.41, 5.74) is -1.92. The maximum absolute atomic E-state index is 15.1. The fourth-order valence-electron chi connectivity index (χ4n) is 4.31. The van der Waals surface area contributed by atoms with Gasteiger partial charge in [0.05, 0.1) is 16.7 Å². The summed E-state index contributed by atoms with van der Waals surface area (Å²) in [5.74, 6) is -3.16. The van der Waals surface area contributed by atoms with Crippen LogP contribution in [-0.2, 0) is 5.60 Å². The topological polar surface area (TPSA) is 74.6 Å². The number of halogens is 2. The number of carboxylic acid groups (broad SMARTS) is 1. The molecule has 1 unspecified atom stereocenters. The lowest BCUT2D eigenvalue weighted by molar-refractivity contribution is -0.0424. The zero-order valence-corrected chi connectivity index (χ0v) is 17.0. The fraction of sp³-hybridized carbons (Fsp3) is 0.391. The number of ketones is 1. The molecule has 1 aliphatic rings. The maximum atomic E-state index is 15.1. The highest BCUT2D eigenvalue weighted by Crippen LogP contribution is 2.42. The van der Waals surface area contributed by atoms with Gasteiger partial charge in [-0.05, 0) is 67.1 Å². The third kappa shape index (κ3) is 4.21. The molecule has 0 saturated heterocycles. The van der Waals surface area contributed by atoms with Crippen molar-refractivity contribution in [3.05, 3.63) is 69.5 Å². The molecule has 3 rings (SSSR count). The van der Waals surface area contributed by atoms with Crippen molar-refractivity contribution in [2.45, 2.75) is 51.0 Å². The van der Waals surface area contributed by atoms with E-state index in [-0.39, 0.29) is 17.0 Å². The molecule has 0 heterocycles. The Balaban J connectivity index is 2.10. The first-order valence-electron chi connectivity index (χ1n) is 9.88. The molecule has 29 heavy (non-hydrogen) atoms. The second kappa shape index (κ2) is 8.64. The van der Waals surface area contributed by atoms with Crippen LogP contribution in [0.2, 0.25) is 5.02 Å². The van der Waals surface area contributed by atoms with Gasteiger partial charge in [-0.2, -0.15) is 0 Å². The van der Waals surface area contributed by atoms with E-state index in [4.69, 9.17) is 11.6 Å². The highest BCUT2D eigenvalue weighted by molar-refractivity contribution is 6.30. The van der Waals surface area contributed by atoms with Crippen molar-refractivity contribution in [2.75, 3.05) is 0 Å². The van der Waals surface area contributed by atoms with E-state index in [2.05, 4.69) is 0 Å². The Morgan fingerprint density at radius 1 is 1.14 bits per heavy atom. The van der Waals surface area contributed by atoms with Crippen molar-refractivity contribution in [3.63, 3.8) is 0 Å². The number of carbonyl (C=O) groups is 2. The average molecular weight is 419 g/mol. The largest absolute Gasteiger partial charge is 0.478 e. The van der Waals surface area contributed by atoms with E-state index >= 15 is 4.39 Å². The van der Waals surface area contributed by atoms with Crippen LogP contribution in [0.1, 0.15) is 77.3 Å². The second-order valence-corrected chi connectivity index (χ2v) is 8.07. The van der Waals surface area contributed by atoms with Gasteiger partial charge in [0.2, 0.25) is 0 Å². The summed E-state index contributed by atoms with van der Waals surface area (Å²) in [5, 5.41) is 21.5. The third-order valence-corrected chi connectivity index (χ3v) is 6.23. The van der Waals surface area contributed by atoms with Gasteiger partial charge in [-0.1, -0.05) is 37.8 Å². The highest BCUT2D eigenvalue weighted by atomic mass is 35.5.